The number of hydrogen-bond donors (Lipinski definition) is 0. The van der Waals surface area contributed by atoms with Gasteiger partial charge in [0.05, 0.1) is 12.8 Å². The Hall–Kier alpha value is -3.57. The van der Waals surface area contributed by atoms with Crippen molar-refractivity contribution < 1.29 is 23.2 Å². The molecule has 0 spiro atoms. The summed E-state index contributed by atoms with van der Waals surface area (Å²) in [6.45, 7) is 4.61. The molecule has 0 atom stereocenters. The van der Waals surface area contributed by atoms with E-state index in [0.717, 1.165) is 22.9 Å². The van der Waals surface area contributed by atoms with E-state index in [1.807, 2.05) is 25.9 Å². The minimum absolute atomic E-state index is 0.116. The van der Waals surface area contributed by atoms with E-state index in [9.17, 15) is 4.79 Å². The maximum atomic E-state index is 15.8. The Balaban J connectivity index is 2.12. The van der Waals surface area contributed by atoms with Crippen LogP contribution in [0.5, 0.6) is 5.75 Å². The number of nitrogens with zero attached hydrogens (tertiary/aromatic N) is 5. The highest BCUT2D eigenvalue weighted by atomic mass is 32.2. The van der Waals surface area contributed by atoms with E-state index in [-0.39, 0.29) is 22.1 Å². The number of aromatic nitrogens is 2. The van der Waals surface area contributed by atoms with Crippen LogP contribution in [0.15, 0.2) is 50.9 Å². The zero-order valence-corrected chi connectivity index (χ0v) is 22.6. The summed E-state index contributed by atoms with van der Waals surface area (Å²) in [6.07, 6.45) is 1.57. The van der Waals surface area contributed by atoms with Gasteiger partial charge in [-0.3, -0.25) is 0 Å². The quantitative estimate of drug-likeness (QED) is 0.272. The number of thioether (sulfide) groups is 1. The zero-order chi connectivity index (χ0) is 26.9. The van der Waals surface area contributed by atoms with Crippen molar-refractivity contribution in [1.29, 1.82) is 0 Å². The fourth-order valence-electron chi connectivity index (χ4n) is 3.25. The van der Waals surface area contributed by atoms with Crippen molar-refractivity contribution in [3.63, 3.8) is 0 Å². The van der Waals surface area contributed by atoms with Gasteiger partial charge in [-0.1, -0.05) is 12.1 Å². The molecule has 0 unspecified atom stereocenters. The van der Waals surface area contributed by atoms with E-state index >= 15 is 4.39 Å². The summed E-state index contributed by atoms with van der Waals surface area (Å²) in [5.74, 6) is 0.440. The zero-order valence-electron chi connectivity index (χ0n) is 21.7. The normalized spacial score (nSPS) is 12.2. The van der Waals surface area contributed by atoms with Crippen LogP contribution in [0.4, 0.5) is 14.9 Å². The average molecular weight is 528 g/mol. The molecule has 1 aromatic heterocycles. The Kier molecular flexibility index (Phi) is 9.93. The molecule has 0 aliphatic rings. The van der Waals surface area contributed by atoms with Crippen LogP contribution in [0.2, 0.25) is 0 Å². The molecule has 0 radical (unpaired) electrons. The molecule has 11 heteroatoms. The number of carbonyl (C=O) groups excluding carboxylic acids is 1. The molecule has 2 aromatic carbocycles. The van der Waals surface area contributed by atoms with Gasteiger partial charge in [0.1, 0.15) is 17.4 Å². The van der Waals surface area contributed by atoms with Gasteiger partial charge in [-0.25, -0.2) is 14.2 Å². The number of halogens is 1. The predicted molar refractivity (Wildman–Crippen MR) is 144 cm³/mol. The number of amides is 1. The van der Waals surface area contributed by atoms with Crippen molar-refractivity contribution in [2.45, 2.75) is 20.3 Å². The Morgan fingerprint density at radius 3 is 2.51 bits per heavy atom. The summed E-state index contributed by atoms with van der Waals surface area (Å²) in [4.78, 5) is 26.9. The molecule has 0 saturated heterocycles. The molecule has 0 bridgehead atoms. The Morgan fingerprint density at radius 1 is 1.22 bits per heavy atom. The summed E-state index contributed by atoms with van der Waals surface area (Å²) >= 11 is 1.16. The van der Waals surface area contributed by atoms with Crippen LogP contribution >= 0.6 is 11.8 Å². The van der Waals surface area contributed by atoms with Crippen molar-refractivity contribution in [2.75, 3.05) is 40.6 Å². The number of aryl methyl sites for hydroxylation is 2. The number of rotatable bonds is 9. The Morgan fingerprint density at radius 2 is 1.95 bits per heavy atom. The second-order valence-corrected chi connectivity index (χ2v) is 8.99. The fourth-order valence-corrected chi connectivity index (χ4v) is 3.77. The summed E-state index contributed by atoms with van der Waals surface area (Å²) in [5, 5.41) is 4.13. The lowest BCUT2D eigenvalue weighted by molar-refractivity contribution is 0.183. The summed E-state index contributed by atoms with van der Waals surface area (Å²) in [5.41, 5.74) is 2.47. The molecule has 9 nitrogen and oxygen atoms in total. The molecule has 0 saturated carbocycles. The van der Waals surface area contributed by atoms with Gasteiger partial charge < -0.3 is 18.9 Å². The third-order valence-electron chi connectivity index (χ3n) is 5.22. The second kappa shape index (κ2) is 13.1. The highest BCUT2D eigenvalue weighted by molar-refractivity contribution is 8.15. The molecule has 37 heavy (non-hydrogen) atoms. The van der Waals surface area contributed by atoms with Gasteiger partial charge in [0.2, 0.25) is 11.7 Å². The van der Waals surface area contributed by atoms with E-state index < -0.39 is 11.9 Å². The maximum absolute atomic E-state index is 15.8. The molecule has 0 aliphatic heterocycles. The molecule has 0 aliphatic carbocycles. The molecular formula is C26H30FN5O4S. The van der Waals surface area contributed by atoms with Crippen LogP contribution in [0.25, 0.3) is 11.4 Å². The van der Waals surface area contributed by atoms with Crippen molar-refractivity contribution in [2.24, 2.45) is 9.98 Å². The molecule has 1 amide bonds. The number of aliphatic imine (C=N–C) groups is 2. The van der Waals surface area contributed by atoms with Gasteiger partial charge >= 0.3 is 6.09 Å². The maximum Gasteiger partial charge on any atom is 0.434 e. The first kappa shape index (κ1) is 28.0. The first-order chi connectivity index (χ1) is 17.7. The molecule has 0 N–H and O–H groups in total. The van der Waals surface area contributed by atoms with Gasteiger partial charge in [0.15, 0.2) is 11.6 Å². The van der Waals surface area contributed by atoms with Crippen LogP contribution < -0.4 is 4.74 Å². The molecule has 3 rings (SSSR count). The van der Waals surface area contributed by atoms with Gasteiger partial charge in [-0.15, -0.1) is 11.8 Å². The molecule has 0 fully saturated rings. The monoisotopic (exact) mass is 527 g/mol. The largest absolute Gasteiger partial charge is 0.489 e. The highest BCUT2D eigenvalue weighted by Gasteiger charge is 2.22. The van der Waals surface area contributed by atoms with Crippen LogP contribution in [-0.2, 0) is 11.2 Å². The van der Waals surface area contributed by atoms with Gasteiger partial charge in [0.25, 0.3) is 0 Å². The molecule has 196 valence electrons. The highest BCUT2D eigenvalue weighted by Crippen LogP contribution is 2.28. The SMILES string of the molecule is CCc1cc(OCCN(C)C)c(F)c(C(=Nc2ccc(-c3noc(C)n3)cc2)/C(=N/C(=O)OC)SC)c1. The summed E-state index contributed by atoms with van der Waals surface area (Å²) in [6, 6.07) is 10.4. The van der Waals surface area contributed by atoms with Gasteiger partial charge in [0, 0.05) is 24.6 Å². The lowest BCUT2D eigenvalue weighted by Gasteiger charge is -2.16. The standard InChI is InChI=1S/C26H30FN5O4S/c1-7-17-14-20(22(27)21(15-17)35-13-12-32(3)4)23(25(37-6)30-26(33)34-5)29-19-10-8-18(9-11-19)24-28-16(2)36-31-24/h8-11,14-15H,7,12-13H2,1-6H3/b29-23?,30-25-. The number of ether oxygens (including phenoxy) is 2. The molecule has 1 heterocycles. The first-order valence-electron chi connectivity index (χ1n) is 11.6. The fraction of sp³-hybridized carbons (Fsp3) is 0.346. The summed E-state index contributed by atoms with van der Waals surface area (Å²) in [7, 11) is 5.06. The third-order valence-corrected chi connectivity index (χ3v) is 5.89. The van der Waals surface area contributed by atoms with E-state index in [1.54, 1.807) is 49.6 Å². The number of benzene rings is 2. The smallest absolute Gasteiger partial charge is 0.434 e. The number of hydrogen-bond acceptors (Lipinski definition) is 9. The van der Waals surface area contributed by atoms with Gasteiger partial charge in [-0.05, 0) is 68.7 Å². The minimum Gasteiger partial charge on any atom is -0.489 e. The average Bonchev–Trinajstić information content (AvgIpc) is 3.33. The number of likely N-dealkylation sites (N-methyl/N-ethyl adjacent to an activating group) is 1. The van der Waals surface area contributed by atoms with E-state index in [4.69, 9.17) is 19.0 Å². The first-order valence-corrected chi connectivity index (χ1v) is 12.8. The van der Waals surface area contributed by atoms with Crippen molar-refractivity contribution in [1.82, 2.24) is 15.0 Å². The number of methoxy groups -OCH3 is 1. The van der Waals surface area contributed by atoms with Crippen LogP contribution in [0, 0.1) is 12.7 Å². The topological polar surface area (TPSA) is 102 Å². The lowest BCUT2D eigenvalue weighted by atomic mass is 10.0. The number of carbonyl (C=O) groups is 1. The Labute approximate surface area is 219 Å². The van der Waals surface area contributed by atoms with Crippen LogP contribution in [0.3, 0.4) is 0 Å². The van der Waals surface area contributed by atoms with Crippen molar-refractivity contribution in [3.8, 4) is 17.1 Å². The molecule has 3 aromatic rings. The minimum atomic E-state index is -0.811. The van der Waals surface area contributed by atoms with Crippen LogP contribution in [-0.4, -0.2) is 72.5 Å². The second-order valence-electron chi connectivity index (χ2n) is 8.20. The predicted octanol–water partition coefficient (Wildman–Crippen LogP) is 5.34. The van der Waals surface area contributed by atoms with Crippen molar-refractivity contribution in [3.05, 3.63) is 59.2 Å². The summed E-state index contributed by atoms with van der Waals surface area (Å²) < 4.78 is 31.4. The van der Waals surface area contributed by atoms with E-state index in [0.29, 0.717) is 37.0 Å². The van der Waals surface area contributed by atoms with Crippen LogP contribution in [0.1, 0.15) is 23.9 Å². The van der Waals surface area contributed by atoms with E-state index in [2.05, 4.69) is 15.1 Å². The third kappa shape index (κ3) is 7.46. The lowest BCUT2D eigenvalue weighted by Crippen LogP contribution is -2.21. The Bertz CT molecular complexity index is 1290. The van der Waals surface area contributed by atoms with Gasteiger partial charge in [-0.2, -0.15) is 9.98 Å². The van der Waals surface area contributed by atoms with E-state index in [1.165, 1.54) is 7.11 Å². The van der Waals surface area contributed by atoms with Crippen molar-refractivity contribution >= 4 is 34.3 Å². The molecular weight excluding hydrogens is 497 g/mol.